The van der Waals surface area contributed by atoms with Crippen LogP contribution in [0.3, 0.4) is 0 Å². The quantitative estimate of drug-likeness (QED) is 0.834. The fourth-order valence-corrected chi connectivity index (χ4v) is 2.82. The molecule has 3 nitrogen and oxygen atoms in total. The minimum atomic E-state index is 0.167. The van der Waals surface area contributed by atoms with Crippen molar-refractivity contribution >= 4 is 16.7 Å². The Labute approximate surface area is 107 Å². The normalized spacial score (nSPS) is 24.7. The highest BCUT2D eigenvalue weighted by Gasteiger charge is 2.25. The molecule has 3 rings (SSSR count). The van der Waals surface area contributed by atoms with Gasteiger partial charge in [0.15, 0.2) is 0 Å². The molecule has 0 aliphatic carbocycles. The predicted octanol–water partition coefficient (Wildman–Crippen LogP) is 2.56. The maximum Gasteiger partial charge on any atom is 0.136 e. The lowest BCUT2D eigenvalue weighted by atomic mass is 9.93. The minimum absolute atomic E-state index is 0.167. The number of benzene rings is 1. The third-order valence-electron chi connectivity index (χ3n) is 3.77. The van der Waals surface area contributed by atoms with E-state index in [4.69, 9.17) is 0 Å². The van der Waals surface area contributed by atoms with Crippen LogP contribution in [0.1, 0.15) is 31.4 Å². The molecule has 0 amide bonds. The van der Waals surface area contributed by atoms with Gasteiger partial charge in [0.05, 0.1) is 0 Å². The van der Waals surface area contributed by atoms with Crippen molar-refractivity contribution in [3.63, 3.8) is 0 Å². The van der Waals surface area contributed by atoms with Gasteiger partial charge in [-0.3, -0.25) is 4.79 Å². The number of Topliss-reactive ketones (excluding diaryl/α,β-unsaturated/α-hetero) is 1. The Hall–Kier alpha value is -1.61. The molecule has 1 aliphatic rings. The second-order valence-corrected chi connectivity index (χ2v) is 5.31. The lowest BCUT2D eigenvalue weighted by Gasteiger charge is -2.28. The number of rotatable bonds is 1. The molecule has 1 fully saturated rings. The summed E-state index contributed by atoms with van der Waals surface area (Å²) in [6.07, 6.45) is 3.33. The van der Waals surface area contributed by atoms with Crippen LogP contribution in [-0.2, 0) is 11.8 Å². The molecule has 2 atom stereocenters. The van der Waals surface area contributed by atoms with Gasteiger partial charge < -0.3 is 9.88 Å². The fraction of sp³-hybridized carbons (Fsp3) is 0.400. The van der Waals surface area contributed by atoms with Crippen LogP contribution in [0, 0.1) is 0 Å². The number of piperidine rings is 1. The van der Waals surface area contributed by atoms with Crippen molar-refractivity contribution in [2.45, 2.75) is 31.8 Å². The van der Waals surface area contributed by atoms with Crippen LogP contribution in [0.25, 0.3) is 10.9 Å². The van der Waals surface area contributed by atoms with Crippen LogP contribution in [0.4, 0.5) is 0 Å². The number of nitrogens with one attached hydrogen (secondary N) is 1. The van der Waals surface area contributed by atoms with Crippen molar-refractivity contribution in [3.8, 4) is 0 Å². The number of ketones is 1. The number of carbonyl (C=O) groups is 1. The van der Waals surface area contributed by atoms with Crippen molar-refractivity contribution < 1.29 is 4.79 Å². The molecule has 0 spiro atoms. The second-order valence-electron chi connectivity index (χ2n) is 5.31. The van der Waals surface area contributed by atoms with Gasteiger partial charge in [-0.15, -0.1) is 0 Å². The van der Waals surface area contributed by atoms with Crippen molar-refractivity contribution in [3.05, 3.63) is 36.0 Å². The number of carbonyl (C=O) groups excluding carboxylic acids is 1. The third kappa shape index (κ3) is 1.95. The molecule has 3 heteroatoms. The van der Waals surface area contributed by atoms with Gasteiger partial charge in [0, 0.05) is 43.7 Å². The maximum atomic E-state index is 11.7. The Balaban J connectivity index is 1.98. The summed E-state index contributed by atoms with van der Waals surface area (Å²) in [6.45, 7) is 2.07. The van der Waals surface area contributed by atoms with Gasteiger partial charge in [0.1, 0.15) is 5.78 Å². The Morgan fingerprint density at radius 3 is 2.89 bits per heavy atom. The molecular weight excluding hydrogens is 224 g/mol. The van der Waals surface area contributed by atoms with Crippen LogP contribution in [-0.4, -0.2) is 16.4 Å². The lowest BCUT2D eigenvalue weighted by molar-refractivity contribution is -0.121. The highest BCUT2D eigenvalue weighted by atomic mass is 16.1. The Bertz CT molecular complexity index is 600. The molecule has 1 aliphatic heterocycles. The first kappa shape index (κ1) is 11.5. The largest absolute Gasteiger partial charge is 0.351 e. The Morgan fingerprint density at radius 1 is 1.28 bits per heavy atom. The van der Waals surface area contributed by atoms with Crippen LogP contribution in [0.2, 0.25) is 0 Å². The zero-order valence-electron chi connectivity index (χ0n) is 10.8. The molecule has 0 bridgehead atoms. The van der Waals surface area contributed by atoms with Gasteiger partial charge in [-0.2, -0.15) is 0 Å². The van der Waals surface area contributed by atoms with E-state index >= 15 is 0 Å². The van der Waals surface area contributed by atoms with E-state index in [1.165, 1.54) is 16.5 Å². The first-order valence-corrected chi connectivity index (χ1v) is 6.46. The van der Waals surface area contributed by atoms with Crippen LogP contribution >= 0.6 is 0 Å². The average Bonchev–Trinajstić information content (AvgIpc) is 2.69. The van der Waals surface area contributed by atoms with Gasteiger partial charge in [-0.05, 0) is 30.0 Å². The first-order valence-electron chi connectivity index (χ1n) is 6.46. The number of nitrogens with zero attached hydrogens (tertiary/aromatic N) is 1. The van der Waals surface area contributed by atoms with E-state index in [0.717, 1.165) is 0 Å². The molecule has 1 N–H and O–H groups in total. The fourth-order valence-electron chi connectivity index (χ4n) is 2.82. The van der Waals surface area contributed by atoms with E-state index in [2.05, 4.69) is 47.3 Å². The summed E-state index contributed by atoms with van der Waals surface area (Å²) in [5, 5.41) is 4.76. The van der Waals surface area contributed by atoms with E-state index < -0.39 is 0 Å². The summed E-state index contributed by atoms with van der Waals surface area (Å²) >= 11 is 0. The number of fused-ring (bicyclic) bond motifs is 1. The predicted molar refractivity (Wildman–Crippen MR) is 72.5 cm³/mol. The number of aryl methyl sites for hydroxylation is 1. The molecule has 94 valence electrons. The van der Waals surface area contributed by atoms with E-state index in [0.29, 0.717) is 18.6 Å². The second kappa shape index (κ2) is 4.25. The summed E-state index contributed by atoms with van der Waals surface area (Å²) in [5.41, 5.74) is 2.43. The highest BCUT2D eigenvalue weighted by molar-refractivity contribution is 5.83. The van der Waals surface area contributed by atoms with Gasteiger partial charge in [0.2, 0.25) is 0 Å². The van der Waals surface area contributed by atoms with Crippen LogP contribution < -0.4 is 5.32 Å². The van der Waals surface area contributed by atoms with E-state index in [9.17, 15) is 4.79 Å². The standard InChI is InChI=1S/C15H18N2O/c1-10-7-13(18)9-14(16-10)12-4-3-11-5-6-17(2)15(11)8-12/h3-6,8,10,14,16H,7,9H2,1-2H3. The topological polar surface area (TPSA) is 34.0 Å². The molecule has 18 heavy (non-hydrogen) atoms. The smallest absolute Gasteiger partial charge is 0.136 e. The highest BCUT2D eigenvalue weighted by Crippen LogP contribution is 2.26. The molecule has 0 radical (unpaired) electrons. The Kier molecular flexibility index (Phi) is 2.71. The summed E-state index contributed by atoms with van der Waals surface area (Å²) in [4.78, 5) is 11.7. The molecular formula is C15H18N2O. The monoisotopic (exact) mass is 242 g/mol. The average molecular weight is 242 g/mol. The van der Waals surface area contributed by atoms with E-state index in [1.54, 1.807) is 0 Å². The summed E-state index contributed by atoms with van der Waals surface area (Å²) in [5.74, 6) is 0.359. The van der Waals surface area contributed by atoms with Gasteiger partial charge in [0.25, 0.3) is 0 Å². The zero-order valence-corrected chi connectivity index (χ0v) is 10.8. The Morgan fingerprint density at radius 2 is 2.11 bits per heavy atom. The maximum absolute atomic E-state index is 11.7. The van der Waals surface area contributed by atoms with Crippen molar-refractivity contribution in [1.82, 2.24) is 9.88 Å². The van der Waals surface area contributed by atoms with E-state index in [1.807, 2.05) is 7.05 Å². The van der Waals surface area contributed by atoms with Crippen molar-refractivity contribution in [2.24, 2.45) is 7.05 Å². The summed E-state index contributed by atoms with van der Waals surface area (Å²) < 4.78 is 2.12. The molecule has 1 aromatic heterocycles. The molecule has 1 saturated heterocycles. The van der Waals surface area contributed by atoms with Gasteiger partial charge >= 0.3 is 0 Å². The number of hydrogen-bond acceptors (Lipinski definition) is 2. The third-order valence-corrected chi connectivity index (χ3v) is 3.77. The van der Waals surface area contributed by atoms with Crippen LogP contribution in [0.5, 0.6) is 0 Å². The molecule has 2 aromatic rings. The molecule has 0 saturated carbocycles. The van der Waals surface area contributed by atoms with Crippen molar-refractivity contribution in [1.29, 1.82) is 0 Å². The number of hydrogen-bond donors (Lipinski definition) is 1. The SMILES string of the molecule is CC1CC(=O)CC(c2ccc3ccn(C)c3c2)N1. The van der Waals surface area contributed by atoms with Gasteiger partial charge in [-0.25, -0.2) is 0 Å². The van der Waals surface area contributed by atoms with E-state index in [-0.39, 0.29) is 12.1 Å². The lowest BCUT2D eigenvalue weighted by Crippen LogP contribution is -2.38. The first-order chi connectivity index (χ1) is 8.63. The molecule has 2 unspecified atom stereocenters. The minimum Gasteiger partial charge on any atom is -0.351 e. The molecule has 1 aromatic carbocycles. The van der Waals surface area contributed by atoms with Crippen molar-refractivity contribution in [2.75, 3.05) is 0 Å². The number of aromatic nitrogens is 1. The zero-order chi connectivity index (χ0) is 12.7. The van der Waals surface area contributed by atoms with Crippen LogP contribution in [0.15, 0.2) is 30.5 Å². The summed E-state index contributed by atoms with van der Waals surface area (Å²) in [7, 11) is 2.05. The molecule has 2 heterocycles. The summed E-state index contributed by atoms with van der Waals surface area (Å²) in [6, 6.07) is 9.02. The van der Waals surface area contributed by atoms with Gasteiger partial charge in [-0.1, -0.05) is 12.1 Å².